The molecular weight excluding hydrogens is 372 g/mol. The molecule has 1 N–H and O–H groups in total. The van der Waals surface area contributed by atoms with Gasteiger partial charge in [0, 0.05) is 17.2 Å². The quantitative estimate of drug-likeness (QED) is 0.750. The highest BCUT2D eigenvalue weighted by Crippen LogP contribution is 2.28. The number of carboxylic acid groups (broad SMARTS) is 1. The Morgan fingerprint density at radius 3 is 2.28 bits per heavy atom. The molecule has 1 atom stereocenters. The lowest BCUT2D eigenvalue weighted by Crippen LogP contribution is -3.14. The van der Waals surface area contributed by atoms with E-state index in [0.29, 0.717) is 13.1 Å². The van der Waals surface area contributed by atoms with Crippen LogP contribution in [0.5, 0.6) is 11.5 Å². The molecule has 0 aromatic heterocycles. The SMILES string of the molecule is COc1ccc([C@H](C)[NH+]2CCN(C(=O)c3ccccc3C(=O)[O-])CC2)c(OC)c1. The van der Waals surface area contributed by atoms with Gasteiger partial charge in [-0.25, -0.2) is 0 Å². The summed E-state index contributed by atoms with van der Waals surface area (Å²) in [5, 5.41) is 11.3. The Morgan fingerprint density at radius 1 is 1.03 bits per heavy atom. The fourth-order valence-electron chi connectivity index (χ4n) is 3.84. The summed E-state index contributed by atoms with van der Waals surface area (Å²) in [6.45, 7) is 4.77. The maximum absolute atomic E-state index is 12.8. The van der Waals surface area contributed by atoms with Gasteiger partial charge in [0.05, 0.1) is 51.9 Å². The first-order chi connectivity index (χ1) is 14.0. The third-order valence-corrected chi connectivity index (χ3v) is 5.59. The minimum atomic E-state index is -1.33. The first-order valence-corrected chi connectivity index (χ1v) is 9.62. The fourth-order valence-corrected chi connectivity index (χ4v) is 3.84. The second-order valence-electron chi connectivity index (χ2n) is 7.11. The van der Waals surface area contributed by atoms with Gasteiger partial charge < -0.3 is 29.2 Å². The van der Waals surface area contributed by atoms with Gasteiger partial charge in [0.25, 0.3) is 5.91 Å². The molecule has 1 amide bonds. The number of hydrogen-bond donors (Lipinski definition) is 1. The average molecular weight is 398 g/mol. The number of carbonyl (C=O) groups excluding carboxylic acids is 2. The van der Waals surface area contributed by atoms with Crippen LogP contribution in [-0.2, 0) is 0 Å². The number of carbonyl (C=O) groups is 2. The van der Waals surface area contributed by atoms with Crippen LogP contribution in [0, 0.1) is 0 Å². The topological polar surface area (TPSA) is 83.3 Å². The molecule has 2 aromatic rings. The summed E-state index contributed by atoms with van der Waals surface area (Å²) in [7, 11) is 3.27. The Balaban J connectivity index is 1.69. The molecule has 7 nitrogen and oxygen atoms in total. The van der Waals surface area contributed by atoms with Crippen LogP contribution in [-0.4, -0.2) is 57.2 Å². The van der Waals surface area contributed by atoms with Crippen molar-refractivity contribution in [3.05, 3.63) is 59.2 Å². The normalized spacial score (nSPS) is 15.6. The van der Waals surface area contributed by atoms with Crippen molar-refractivity contribution in [1.82, 2.24) is 4.90 Å². The number of amides is 1. The molecule has 1 fully saturated rings. The van der Waals surface area contributed by atoms with Gasteiger partial charge in [0.1, 0.15) is 17.5 Å². The summed E-state index contributed by atoms with van der Waals surface area (Å²) < 4.78 is 10.8. The molecular formula is C22H26N2O5. The first kappa shape index (κ1) is 20.7. The smallest absolute Gasteiger partial charge is 0.254 e. The summed E-state index contributed by atoms with van der Waals surface area (Å²) in [6, 6.07) is 12.2. The summed E-state index contributed by atoms with van der Waals surface area (Å²) in [5.74, 6) is -0.0718. The number of piperazine rings is 1. The van der Waals surface area contributed by atoms with Crippen molar-refractivity contribution in [1.29, 1.82) is 0 Å². The molecule has 0 aliphatic carbocycles. The summed E-state index contributed by atoms with van der Waals surface area (Å²) in [4.78, 5) is 27.2. The Morgan fingerprint density at radius 2 is 1.69 bits per heavy atom. The van der Waals surface area contributed by atoms with Crippen molar-refractivity contribution in [2.45, 2.75) is 13.0 Å². The van der Waals surface area contributed by atoms with Crippen molar-refractivity contribution in [2.75, 3.05) is 40.4 Å². The van der Waals surface area contributed by atoms with Gasteiger partial charge in [0.2, 0.25) is 0 Å². The lowest BCUT2D eigenvalue weighted by Gasteiger charge is -2.36. The highest BCUT2D eigenvalue weighted by atomic mass is 16.5. The van der Waals surface area contributed by atoms with Crippen LogP contribution >= 0.6 is 0 Å². The van der Waals surface area contributed by atoms with E-state index in [2.05, 4.69) is 6.92 Å². The second kappa shape index (κ2) is 8.96. The Kier molecular flexibility index (Phi) is 6.39. The third kappa shape index (κ3) is 4.35. The fraction of sp³-hybridized carbons (Fsp3) is 0.364. The Bertz CT molecular complexity index is 891. The number of carboxylic acids is 1. The number of ether oxygens (including phenoxy) is 2. The van der Waals surface area contributed by atoms with Gasteiger partial charge in [0.15, 0.2) is 0 Å². The molecule has 0 saturated carbocycles. The van der Waals surface area contributed by atoms with Crippen molar-refractivity contribution in [3.8, 4) is 11.5 Å². The third-order valence-electron chi connectivity index (χ3n) is 5.59. The molecule has 2 aromatic carbocycles. The minimum absolute atomic E-state index is 0.0661. The maximum atomic E-state index is 12.8. The van der Waals surface area contributed by atoms with Crippen LogP contribution in [0.15, 0.2) is 42.5 Å². The van der Waals surface area contributed by atoms with Gasteiger partial charge in [-0.1, -0.05) is 18.2 Å². The van der Waals surface area contributed by atoms with E-state index in [-0.39, 0.29) is 23.1 Å². The van der Waals surface area contributed by atoms with Gasteiger partial charge in [-0.2, -0.15) is 0 Å². The molecule has 0 spiro atoms. The van der Waals surface area contributed by atoms with E-state index < -0.39 is 5.97 Å². The molecule has 1 heterocycles. The van der Waals surface area contributed by atoms with E-state index >= 15 is 0 Å². The zero-order chi connectivity index (χ0) is 21.0. The van der Waals surface area contributed by atoms with E-state index in [0.717, 1.165) is 30.2 Å². The number of rotatable bonds is 6. The number of aromatic carboxylic acids is 1. The number of nitrogens with one attached hydrogen (secondary N) is 1. The first-order valence-electron chi connectivity index (χ1n) is 9.62. The zero-order valence-electron chi connectivity index (χ0n) is 16.9. The molecule has 0 radical (unpaired) electrons. The average Bonchev–Trinajstić information content (AvgIpc) is 2.77. The van der Waals surface area contributed by atoms with Crippen molar-refractivity contribution < 1.29 is 29.1 Å². The monoisotopic (exact) mass is 398 g/mol. The van der Waals surface area contributed by atoms with Gasteiger partial charge in [-0.15, -0.1) is 0 Å². The van der Waals surface area contributed by atoms with E-state index in [1.165, 1.54) is 17.0 Å². The van der Waals surface area contributed by atoms with Crippen LogP contribution in [0.25, 0.3) is 0 Å². The molecule has 0 bridgehead atoms. The highest BCUT2D eigenvalue weighted by molar-refractivity contribution is 6.04. The number of benzene rings is 2. The number of quaternary nitrogens is 1. The van der Waals surface area contributed by atoms with Crippen molar-refractivity contribution in [2.24, 2.45) is 0 Å². The van der Waals surface area contributed by atoms with E-state index in [1.54, 1.807) is 31.3 Å². The Labute approximate surface area is 170 Å². The predicted molar refractivity (Wildman–Crippen MR) is 105 cm³/mol. The van der Waals surface area contributed by atoms with Gasteiger partial charge in [-0.3, -0.25) is 4.79 Å². The molecule has 1 aliphatic heterocycles. The second-order valence-corrected chi connectivity index (χ2v) is 7.11. The lowest BCUT2D eigenvalue weighted by molar-refractivity contribution is -0.933. The van der Waals surface area contributed by atoms with Gasteiger partial charge in [-0.05, 0) is 25.1 Å². The molecule has 154 valence electrons. The summed E-state index contributed by atoms with van der Waals surface area (Å²) in [6.07, 6.45) is 0. The van der Waals surface area contributed by atoms with E-state index in [1.807, 2.05) is 18.2 Å². The molecule has 7 heteroatoms. The van der Waals surface area contributed by atoms with Crippen LogP contribution in [0.2, 0.25) is 0 Å². The molecule has 29 heavy (non-hydrogen) atoms. The highest BCUT2D eigenvalue weighted by Gasteiger charge is 2.30. The zero-order valence-corrected chi connectivity index (χ0v) is 16.9. The minimum Gasteiger partial charge on any atom is -0.545 e. The number of nitrogens with zero attached hydrogens (tertiary/aromatic N) is 1. The predicted octanol–water partition coefficient (Wildman–Crippen LogP) is 0.169. The van der Waals surface area contributed by atoms with Crippen molar-refractivity contribution in [3.63, 3.8) is 0 Å². The summed E-state index contributed by atoms with van der Waals surface area (Å²) in [5.41, 5.74) is 1.20. The summed E-state index contributed by atoms with van der Waals surface area (Å²) >= 11 is 0. The van der Waals surface area contributed by atoms with Crippen LogP contribution in [0.1, 0.15) is 39.2 Å². The number of methoxy groups -OCH3 is 2. The molecule has 1 aliphatic rings. The molecule has 0 unspecified atom stereocenters. The van der Waals surface area contributed by atoms with Crippen LogP contribution in [0.3, 0.4) is 0 Å². The lowest BCUT2D eigenvalue weighted by atomic mass is 10.0. The molecule has 1 saturated heterocycles. The van der Waals surface area contributed by atoms with Crippen LogP contribution in [0.4, 0.5) is 0 Å². The van der Waals surface area contributed by atoms with E-state index in [4.69, 9.17) is 9.47 Å². The largest absolute Gasteiger partial charge is 0.545 e. The maximum Gasteiger partial charge on any atom is 0.254 e. The standard InChI is InChI=1S/C22H26N2O5/c1-15(17-9-8-16(28-2)14-20(17)29-3)23-10-12-24(13-11-23)21(25)18-6-4-5-7-19(18)22(26)27/h4-9,14-15H,10-13H2,1-3H3,(H,26,27)/t15-/m0/s1. The van der Waals surface area contributed by atoms with E-state index in [9.17, 15) is 14.7 Å². The number of hydrogen-bond acceptors (Lipinski definition) is 5. The van der Waals surface area contributed by atoms with Crippen molar-refractivity contribution >= 4 is 11.9 Å². The van der Waals surface area contributed by atoms with Crippen LogP contribution < -0.4 is 19.5 Å². The Hall–Kier alpha value is -3.06. The van der Waals surface area contributed by atoms with Gasteiger partial charge >= 0.3 is 0 Å². The molecule has 3 rings (SSSR count).